The monoisotopic (exact) mass is 1240 g/mol. The summed E-state index contributed by atoms with van der Waals surface area (Å²) < 4.78 is 13.0. The number of ether oxygens (including phenoxy) is 2. The SMILES string of the molecule is CN=C(N)NCCNCC(C(N)O)C(O)C1(c2cnc[nH]2)C=CC(C2C(O)C(OC3OCC(O)C(O)C3O)C(C)(CO)C3CCC45CCCC(C=C6C7CC(C)(CO)CCC7(C(=O)O)C7CNc8nc[nH]c8CC7C64C)C5C23C)C2C1NC(=O)C21CCCC1. The second-order valence-electron chi connectivity index (χ2n) is 30.6. The number of nitrogens with two attached hydrogens (primary N) is 2. The number of fused-ring (bicyclic) bond motifs is 10. The van der Waals surface area contributed by atoms with E-state index in [9.17, 15) is 50.8 Å². The number of H-pyrrole nitrogens is 2. The molecule has 1 amide bonds. The normalized spacial score (nSPS) is 47.1. The van der Waals surface area contributed by atoms with E-state index in [-0.39, 0.29) is 55.3 Å². The predicted molar refractivity (Wildman–Crippen MR) is 325 cm³/mol. The highest BCUT2D eigenvalue weighted by Crippen LogP contribution is 2.83. The van der Waals surface area contributed by atoms with Crippen LogP contribution in [0.5, 0.6) is 0 Å². The highest BCUT2D eigenvalue weighted by molar-refractivity contribution is 5.87. The molecular formula is C65H99N11O13. The maximum absolute atomic E-state index is 15.7. The number of carboxylic acid groups (broad SMARTS) is 1. The summed E-state index contributed by atoms with van der Waals surface area (Å²) in [5, 5.41) is 122. The Kier molecular flexibility index (Phi) is 16.0. The number of aromatic amines is 2. The van der Waals surface area contributed by atoms with Gasteiger partial charge >= 0.3 is 5.97 Å². The number of hydrogen-bond donors (Lipinski definition) is 17. The van der Waals surface area contributed by atoms with Gasteiger partial charge in [-0.1, -0.05) is 70.8 Å². The van der Waals surface area contributed by atoms with Gasteiger partial charge in [-0.2, -0.15) is 0 Å². The molecule has 26 unspecified atom stereocenters. The Morgan fingerprint density at radius 1 is 0.933 bits per heavy atom. The lowest BCUT2D eigenvalue weighted by molar-refractivity contribution is -0.350. The van der Waals surface area contributed by atoms with Crippen molar-refractivity contribution < 1.29 is 65.0 Å². The van der Waals surface area contributed by atoms with Crippen molar-refractivity contribution in [2.24, 2.45) is 114 Å². The molecule has 2 saturated heterocycles. The third-order valence-corrected chi connectivity index (χ3v) is 27.3. The first kappa shape index (κ1) is 63.2. The topological polar surface area (TPSA) is 405 Å². The molecule has 19 N–H and O–H groups in total. The zero-order valence-electron chi connectivity index (χ0n) is 52.2. The summed E-state index contributed by atoms with van der Waals surface area (Å²) in [5.74, 6) is -4.92. The number of aliphatic imine (C=N–C) groups is 1. The zero-order chi connectivity index (χ0) is 63.2. The van der Waals surface area contributed by atoms with Gasteiger partial charge in [0.15, 0.2) is 12.2 Å². The van der Waals surface area contributed by atoms with E-state index in [0.717, 1.165) is 43.6 Å². The Hall–Kier alpha value is -4.57. The summed E-state index contributed by atoms with van der Waals surface area (Å²) in [6.07, 6.45) is 7.68. The molecule has 1 spiro atoms. The summed E-state index contributed by atoms with van der Waals surface area (Å²) in [6, 6.07) is -0.883. The fourth-order valence-electron chi connectivity index (χ4n) is 23.4. The first-order chi connectivity index (χ1) is 42.4. The smallest absolute Gasteiger partial charge is 0.310 e. The second-order valence-corrected chi connectivity index (χ2v) is 30.6. The van der Waals surface area contributed by atoms with Gasteiger partial charge in [0.1, 0.15) is 30.4 Å². The van der Waals surface area contributed by atoms with E-state index in [1.807, 2.05) is 13.0 Å². The highest BCUT2D eigenvalue weighted by Gasteiger charge is 2.81. The predicted octanol–water partition coefficient (Wildman–Crippen LogP) is 0.972. The van der Waals surface area contributed by atoms with Crippen molar-refractivity contribution in [2.75, 3.05) is 58.4 Å². The quantitative estimate of drug-likeness (QED) is 0.0295. The van der Waals surface area contributed by atoms with Crippen molar-refractivity contribution >= 4 is 23.7 Å². The van der Waals surface area contributed by atoms with Crippen molar-refractivity contribution in [3.05, 3.63) is 54.0 Å². The molecule has 24 nitrogen and oxygen atoms in total. The first-order valence-electron chi connectivity index (χ1n) is 33.1. The summed E-state index contributed by atoms with van der Waals surface area (Å²) in [7, 11) is 1.58. The number of guanidine groups is 1. The third kappa shape index (κ3) is 8.75. The van der Waals surface area contributed by atoms with E-state index in [1.165, 1.54) is 11.9 Å². The molecule has 2 bridgehead atoms. The van der Waals surface area contributed by atoms with Crippen molar-refractivity contribution in [3.8, 4) is 0 Å². The molecule has 8 fully saturated rings. The van der Waals surface area contributed by atoms with Crippen LogP contribution in [0.3, 0.4) is 0 Å². The largest absolute Gasteiger partial charge is 0.481 e. The summed E-state index contributed by atoms with van der Waals surface area (Å²) in [6.45, 7) is 9.14. The average Bonchev–Trinajstić information content (AvgIpc) is 0.955. The minimum Gasteiger partial charge on any atom is -0.481 e. The van der Waals surface area contributed by atoms with Crippen LogP contribution in [0.15, 0.2) is 47.6 Å². The van der Waals surface area contributed by atoms with Gasteiger partial charge in [0.25, 0.3) is 0 Å². The number of hydrogen-bond acceptors (Lipinski definition) is 18. The lowest BCUT2D eigenvalue weighted by Gasteiger charge is -2.78. The number of nitrogens with zero attached hydrogens (tertiary/aromatic N) is 3. The minimum absolute atomic E-state index is 0.0562. The second kappa shape index (κ2) is 22.6. The Morgan fingerprint density at radius 3 is 2.40 bits per heavy atom. The lowest BCUT2D eigenvalue weighted by atomic mass is 9.25. The van der Waals surface area contributed by atoms with Crippen LogP contribution in [0.4, 0.5) is 5.82 Å². The number of carboxylic acids is 1. The van der Waals surface area contributed by atoms with Gasteiger partial charge in [-0.25, -0.2) is 9.97 Å². The molecule has 11 aliphatic rings. The molecule has 26 atom stereocenters. The fraction of sp³-hybridized carbons (Fsp3) is 0.800. The van der Waals surface area contributed by atoms with Gasteiger partial charge in [-0.15, -0.1) is 0 Å². The average molecular weight is 1240 g/mol. The highest BCUT2D eigenvalue weighted by atomic mass is 16.7. The van der Waals surface area contributed by atoms with Crippen LogP contribution < -0.4 is 32.7 Å². The number of aliphatic hydroxyl groups is 8. The summed E-state index contributed by atoms with van der Waals surface area (Å²) >= 11 is 0. The van der Waals surface area contributed by atoms with Gasteiger partial charge in [-0.3, -0.25) is 14.6 Å². The van der Waals surface area contributed by atoms with Gasteiger partial charge in [0.2, 0.25) is 5.91 Å². The van der Waals surface area contributed by atoms with Crippen LogP contribution in [-0.2, 0) is 30.9 Å². The van der Waals surface area contributed by atoms with Crippen molar-refractivity contribution in [1.29, 1.82) is 0 Å². The number of aliphatic hydroxyl groups excluding tert-OH is 8. The zero-order valence-corrected chi connectivity index (χ0v) is 52.2. The number of imidazole rings is 2. The van der Waals surface area contributed by atoms with Crippen LogP contribution in [0, 0.1) is 97.1 Å². The van der Waals surface area contributed by atoms with Crippen LogP contribution in [0.2, 0.25) is 0 Å². The summed E-state index contributed by atoms with van der Waals surface area (Å²) in [5.41, 5.74) is 7.41. The maximum Gasteiger partial charge on any atom is 0.310 e. The van der Waals surface area contributed by atoms with Crippen molar-refractivity contribution in [2.45, 2.75) is 172 Å². The molecule has 492 valence electrons. The number of anilines is 1. The van der Waals surface area contributed by atoms with Gasteiger partial charge in [0, 0.05) is 69.0 Å². The van der Waals surface area contributed by atoms with E-state index in [4.69, 9.17) is 25.9 Å². The Morgan fingerprint density at radius 2 is 1.71 bits per heavy atom. The Bertz CT molecular complexity index is 3070. The Balaban J connectivity index is 1.03. The number of carbonyl (C=O) groups excluding carboxylic acids is 1. The molecule has 24 heteroatoms. The number of rotatable bonds is 15. The number of aromatic nitrogens is 4. The van der Waals surface area contributed by atoms with E-state index in [0.29, 0.717) is 76.7 Å². The number of amides is 1. The molecule has 2 aromatic rings. The maximum atomic E-state index is 15.7. The van der Waals surface area contributed by atoms with E-state index >= 15 is 4.79 Å². The van der Waals surface area contributed by atoms with E-state index < -0.39 is 147 Å². The lowest BCUT2D eigenvalue weighted by Crippen LogP contribution is -2.77. The fourth-order valence-corrected chi connectivity index (χ4v) is 23.4. The number of aliphatic carboxylic acids is 1. The number of carbonyl (C=O) groups is 2. The molecule has 8 aliphatic carbocycles. The van der Waals surface area contributed by atoms with Crippen LogP contribution in [0.1, 0.15) is 116 Å². The molecule has 5 heterocycles. The molecule has 0 aromatic carbocycles. The number of nitrogens with one attached hydrogen (secondary N) is 6. The van der Waals surface area contributed by atoms with Crippen molar-refractivity contribution in [3.63, 3.8) is 0 Å². The summed E-state index contributed by atoms with van der Waals surface area (Å²) in [4.78, 5) is 50.5. The van der Waals surface area contributed by atoms with Gasteiger partial charge in [0.05, 0.1) is 72.2 Å². The molecule has 6 saturated carbocycles. The van der Waals surface area contributed by atoms with Gasteiger partial charge in [-0.05, 0) is 133 Å². The van der Waals surface area contributed by atoms with Crippen molar-refractivity contribution in [1.82, 2.24) is 35.9 Å². The van der Waals surface area contributed by atoms with Crippen LogP contribution in [-0.4, -0.2) is 192 Å². The Labute approximate surface area is 520 Å². The molecule has 89 heavy (non-hydrogen) atoms. The molecular weight excluding hydrogens is 1140 g/mol. The molecule has 3 aliphatic heterocycles. The minimum atomic E-state index is -1.72. The van der Waals surface area contributed by atoms with Crippen LogP contribution in [0.25, 0.3) is 0 Å². The first-order valence-corrected chi connectivity index (χ1v) is 33.1. The van der Waals surface area contributed by atoms with E-state index in [1.54, 1.807) is 19.6 Å². The molecule has 0 radical (unpaired) electrons. The number of allylic oxidation sites excluding steroid dienone is 3. The van der Waals surface area contributed by atoms with Gasteiger partial charge < -0.3 is 98.1 Å². The standard InChI is InChI=1S/C65H99N11O13/c1-58(28-77)17-18-64(56(86)87)37(23-58)35-21-32-9-8-14-63(61(35,4)36-22-39-53(75-31-73-39)72-25-38(36)64)15-11-41-59(2,29-78)51(89-54-47(82)45(80)40(79)27-88-54)46(81)43(60(41,3)48(32)63)33-10-16-65(42-26-70-30-74-42,49-44(33)62(55(85)76-49)12-6-7-13-62)50(83)34(52(66)84)24-69-19-20-71-57(67)68-5/h10,16,21,26,30-34,36-38,40-41,43-52,54,69,72,77-84H,6-9,11-15,17-20,22-25,27-29,66H2,1-5H3,(H,70,74)(H,73,75)(H,76,85)(H,86,87)(H3,67,68,71). The third-order valence-electron chi connectivity index (χ3n) is 27.3. The van der Waals surface area contributed by atoms with E-state index in [2.05, 4.69) is 74.1 Å². The molecule has 13 rings (SSSR count). The molecule has 2 aromatic heterocycles. The van der Waals surface area contributed by atoms with Crippen LogP contribution >= 0.6 is 0 Å².